The first-order valence-corrected chi connectivity index (χ1v) is 10.8. The van der Waals surface area contributed by atoms with Crippen molar-refractivity contribution in [1.29, 1.82) is 0 Å². The van der Waals surface area contributed by atoms with Gasteiger partial charge in [0.2, 0.25) is 5.91 Å². The second-order valence-corrected chi connectivity index (χ2v) is 8.05. The first kappa shape index (κ1) is 24.3. The lowest BCUT2D eigenvalue weighted by Crippen LogP contribution is -2.49. The first-order chi connectivity index (χ1) is 14.3. The molecule has 0 unspecified atom stereocenters. The number of halogens is 3. The number of ether oxygens (including phenoxy) is 1. The van der Waals surface area contributed by atoms with Crippen molar-refractivity contribution in [2.45, 2.75) is 39.3 Å². The average molecular weight is 472 g/mol. The van der Waals surface area contributed by atoms with E-state index in [1.54, 1.807) is 25.1 Å². The molecule has 30 heavy (non-hydrogen) atoms. The van der Waals surface area contributed by atoms with Crippen LogP contribution in [-0.2, 0) is 16.1 Å². The number of amides is 2. The second kappa shape index (κ2) is 12.0. The molecule has 2 rings (SSSR count). The van der Waals surface area contributed by atoms with Gasteiger partial charge < -0.3 is 15.0 Å². The van der Waals surface area contributed by atoms with Crippen LogP contribution in [0.5, 0.6) is 5.75 Å². The molecule has 1 atom stereocenters. The molecule has 8 heteroatoms. The molecular formula is C22H25Cl3N2O3. The molecule has 0 heterocycles. The molecule has 0 saturated carbocycles. The molecule has 0 aliphatic rings. The summed E-state index contributed by atoms with van der Waals surface area (Å²) in [6.45, 7) is 4.19. The molecule has 0 bridgehead atoms. The summed E-state index contributed by atoms with van der Waals surface area (Å²) >= 11 is 18.3. The molecule has 2 amide bonds. The van der Waals surface area contributed by atoms with Crippen LogP contribution in [0.25, 0.3) is 0 Å². The highest BCUT2D eigenvalue weighted by Gasteiger charge is 2.27. The van der Waals surface area contributed by atoms with Crippen LogP contribution in [0.3, 0.4) is 0 Å². The van der Waals surface area contributed by atoms with Gasteiger partial charge in [0.25, 0.3) is 5.91 Å². The van der Waals surface area contributed by atoms with Gasteiger partial charge in [0.1, 0.15) is 11.8 Å². The van der Waals surface area contributed by atoms with Gasteiger partial charge in [-0.3, -0.25) is 9.59 Å². The van der Waals surface area contributed by atoms with Crippen LogP contribution in [0.15, 0.2) is 42.5 Å². The molecule has 0 aliphatic heterocycles. The zero-order chi connectivity index (χ0) is 22.1. The molecule has 2 aromatic rings. The first-order valence-electron chi connectivity index (χ1n) is 9.72. The lowest BCUT2D eigenvalue weighted by atomic mass is 10.1. The van der Waals surface area contributed by atoms with E-state index < -0.39 is 6.04 Å². The monoisotopic (exact) mass is 470 g/mol. The predicted molar refractivity (Wildman–Crippen MR) is 121 cm³/mol. The van der Waals surface area contributed by atoms with E-state index >= 15 is 0 Å². The van der Waals surface area contributed by atoms with Gasteiger partial charge in [0.15, 0.2) is 6.61 Å². The zero-order valence-corrected chi connectivity index (χ0v) is 19.2. The number of benzene rings is 2. The minimum absolute atomic E-state index is 0.179. The summed E-state index contributed by atoms with van der Waals surface area (Å²) in [4.78, 5) is 27.0. The maximum atomic E-state index is 13.0. The van der Waals surface area contributed by atoms with Crippen molar-refractivity contribution >= 4 is 46.6 Å². The number of nitrogens with zero attached hydrogens (tertiary/aromatic N) is 1. The van der Waals surface area contributed by atoms with E-state index in [1.165, 1.54) is 11.0 Å². The maximum Gasteiger partial charge on any atom is 0.261 e. The van der Waals surface area contributed by atoms with Gasteiger partial charge in [-0.15, -0.1) is 0 Å². The fraction of sp³-hybridized carbons (Fsp3) is 0.364. The normalized spacial score (nSPS) is 11.6. The fourth-order valence-corrected chi connectivity index (χ4v) is 3.40. The topological polar surface area (TPSA) is 58.6 Å². The van der Waals surface area contributed by atoms with E-state index in [-0.39, 0.29) is 25.0 Å². The molecule has 0 saturated heterocycles. The lowest BCUT2D eigenvalue weighted by Gasteiger charge is -2.29. The Morgan fingerprint density at radius 2 is 1.83 bits per heavy atom. The number of hydrogen-bond donors (Lipinski definition) is 1. The Labute approximate surface area is 192 Å². The van der Waals surface area contributed by atoms with Crippen molar-refractivity contribution in [2.75, 3.05) is 13.2 Å². The summed E-state index contributed by atoms with van der Waals surface area (Å²) in [6.07, 6.45) is 1.84. The van der Waals surface area contributed by atoms with Crippen molar-refractivity contribution in [3.05, 3.63) is 63.1 Å². The van der Waals surface area contributed by atoms with E-state index in [0.717, 1.165) is 18.4 Å². The maximum absolute atomic E-state index is 13.0. The van der Waals surface area contributed by atoms with Crippen molar-refractivity contribution in [3.63, 3.8) is 0 Å². The lowest BCUT2D eigenvalue weighted by molar-refractivity contribution is -0.142. The Kier molecular flexibility index (Phi) is 9.76. The molecule has 162 valence electrons. The largest absolute Gasteiger partial charge is 0.482 e. The van der Waals surface area contributed by atoms with Gasteiger partial charge in [-0.2, -0.15) is 0 Å². The molecule has 0 fully saturated rings. The molecule has 0 aromatic heterocycles. The van der Waals surface area contributed by atoms with Crippen molar-refractivity contribution < 1.29 is 14.3 Å². The highest BCUT2D eigenvalue weighted by molar-refractivity contribution is 6.35. The fourth-order valence-electron chi connectivity index (χ4n) is 2.74. The SMILES string of the molecule is CCCCNC(=O)[C@@H](C)N(Cc1ccccc1Cl)C(=O)COc1ccc(Cl)cc1Cl. The summed E-state index contributed by atoms with van der Waals surface area (Å²) in [5.41, 5.74) is 0.741. The van der Waals surface area contributed by atoms with Crippen molar-refractivity contribution in [1.82, 2.24) is 10.2 Å². The van der Waals surface area contributed by atoms with Crippen LogP contribution < -0.4 is 10.1 Å². The minimum Gasteiger partial charge on any atom is -0.482 e. The summed E-state index contributed by atoms with van der Waals surface area (Å²) in [5.74, 6) is -0.250. The molecule has 0 spiro atoms. The summed E-state index contributed by atoms with van der Waals surface area (Å²) in [5, 5.41) is 4.16. The average Bonchev–Trinajstić information content (AvgIpc) is 2.72. The third kappa shape index (κ3) is 7.08. The molecule has 0 aliphatic carbocycles. The standard InChI is InChI=1S/C22H25Cl3N2O3/c1-3-4-11-26-22(29)15(2)27(13-16-7-5-6-8-18(16)24)21(28)14-30-20-10-9-17(23)12-19(20)25/h5-10,12,15H,3-4,11,13-14H2,1-2H3,(H,26,29)/t15-/m1/s1. The zero-order valence-electron chi connectivity index (χ0n) is 17.0. The van der Waals surface area contributed by atoms with E-state index in [1.807, 2.05) is 25.1 Å². The highest BCUT2D eigenvalue weighted by atomic mass is 35.5. The van der Waals surface area contributed by atoms with E-state index in [0.29, 0.717) is 27.4 Å². The van der Waals surface area contributed by atoms with Crippen molar-refractivity contribution in [2.24, 2.45) is 0 Å². The number of rotatable bonds is 10. The summed E-state index contributed by atoms with van der Waals surface area (Å²) in [7, 11) is 0. The third-order valence-electron chi connectivity index (χ3n) is 4.54. The van der Waals surface area contributed by atoms with Crippen LogP contribution in [0.1, 0.15) is 32.3 Å². The second-order valence-electron chi connectivity index (χ2n) is 6.80. The van der Waals surface area contributed by atoms with Crippen LogP contribution in [0, 0.1) is 0 Å². The quantitative estimate of drug-likeness (QED) is 0.475. The van der Waals surface area contributed by atoms with Crippen LogP contribution in [0.2, 0.25) is 15.1 Å². The Hall–Kier alpha value is -1.95. The predicted octanol–water partition coefficient (Wildman–Crippen LogP) is 5.36. The van der Waals surface area contributed by atoms with Gasteiger partial charge >= 0.3 is 0 Å². The Morgan fingerprint density at radius 3 is 2.50 bits per heavy atom. The third-order valence-corrected chi connectivity index (χ3v) is 5.44. The van der Waals surface area contributed by atoms with Crippen LogP contribution in [-0.4, -0.2) is 35.9 Å². The number of nitrogens with one attached hydrogen (secondary N) is 1. The Balaban J connectivity index is 2.15. The molecular weight excluding hydrogens is 447 g/mol. The molecule has 5 nitrogen and oxygen atoms in total. The Morgan fingerprint density at radius 1 is 1.10 bits per heavy atom. The Bertz CT molecular complexity index is 876. The number of unbranched alkanes of at least 4 members (excludes halogenated alkanes) is 1. The van der Waals surface area contributed by atoms with Gasteiger partial charge in [-0.1, -0.05) is 66.3 Å². The van der Waals surface area contributed by atoms with E-state index in [9.17, 15) is 9.59 Å². The van der Waals surface area contributed by atoms with Crippen LogP contribution in [0.4, 0.5) is 0 Å². The smallest absolute Gasteiger partial charge is 0.261 e. The molecule has 1 N–H and O–H groups in total. The molecule has 0 radical (unpaired) electrons. The number of hydrogen-bond acceptors (Lipinski definition) is 3. The summed E-state index contributed by atoms with van der Waals surface area (Å²) < 4.78 is 5.58. The minimum atomic E-state index is -0.699. The van der Waals surface area contributed by atoms with Gasteiger partial charge in [0, 0.05) is 23.1 Å². The van der Waals surface area contributed by atoms with Gasteiger partial charge in [0.05, 0.1) is 5.02 Å². The number of carbonyl (C=O) groups is 2. The number of carbonyl (C=O) groups excluding carboxylic acids is 2. The van der Waals surface area contributed by atoms with Crippen LogP contribution >= 0.6 is 34.8 Å². The molecule has 2 aromatic carbocycles. The highest BCUT2D eigenvalue weighted by Crippen LogP contribution is 2.27. The van der Waals surface area contributed by atoms with E-state index in [2.05, 4.69) is 5.32 Å². The van der Waals surface area contributed by atoms with E-state index in [4.69, 9.17) is 39.5 Å². The van der Waals surface area contributed by atoms with Gasteiger partial charge in [-0.05, 0) is 43.2 Å². The van der Waals surface area contributed by atoms with Crippen molar-refractivity contribution in [3.8, 4) is 5.75 Å². The summed E-state index contributed by atoms with van der Waals surface area (Å²) in [6, 6.07) is 11.3. The van der Waals surface area contributed by atoms with Gasteiger partial charge in [-0.25, -0.2) is 0 Å².